The average Bonchev–Trinajstić information content (AvgIpc) is 2.41. The molecule has 1 unspecified atom stereocenters. The number of hydrogen-bond donors (Lipinski definition) is 2. The second-order valence-electron chi connectivity index (χ2n) is 4.58. The van der Waals surface area contributed by atoms with E-state index in [2.05, 4.69) is 10.3 Å². The van der Waals surface area contributed by atoms with Crippen molar-refractivity contribution in [3.63, 3.8) is 0 Å². The Labute approximate surface area is 116 Å². The lowest BCUT2D eigenvalue weighted by Crippen LogP contribution is -2.22. The van der Waals surface area contributed by atoms with Crippen molar-refractivity contribution in [2.24, 2.45) is 0 Å². The Morgan fingerprint density at radius 2 is 1.95 bits per heavy atom. The Morgan fingerprint density at radius 1 is 1.25 bits per heavy atom. The predicted octanol–water partition coefficient (Wildman–Crippen LogP) is 2.49. The molecule has 2 N–H and O–H groups in total. The summed E-state index contributed by atoms with van der Waals surface area (Å²) < 4.78 is 27.0. The molecule has 0 saturated carbocycles. The zero-order chi connectivity index (χ0) is 14.5. The zero-order valence-electron chi connectivity index (χ0n) is 11.1. The van der Waals surface area contributed by atoms with Crippen molar-refractivity contribution in [2.75, 3.05) is 6.54 Å². The summed E-state index contributed by atoms with van der Waals surface area (Å²) in [5.74, 6) is -1.47. The summed E-state index contributed by atoms with van der Waals surface area (Å²) in [5, 5.41) is 12.9. The first-order valence-electron chi connectivity index (χ1n) is 6.31. The van der Waals surface area contributed by atoms with Crippen LogP contribution in [0, 0.1) is 18.6 Å². The van der Waals surface area contributed by atoms with E-state index in [0.717, 1.165) is 23.3 Å². The fraction of sp³-hybridized carbons (Fsp3) is 0.267. The highest BCUT2D eigenvalue weighted by molar-refractivity contribution is 5.23. The van der Waals surface area contributed by atoms with E-state index >= 15 is 0 Å². The largest absolute Gasteiger partial charge is 0.387 e. The summed E-state index contributed by atoms with van der Waals surface area (Å²) in [7, 11) is 0. The Hall–Kier alpha value is -1.85. The summed E-state index contributed by atoms with van der Waals surface area (Å²) in [6.45, 7) is 2.50. The number of rotatable bonds is 5. The fourth-order valence-electron chi connectivity index (χ4n) is 1.98. The van der Waals surface area contributed by atoms with Gasteiger partial charge in [-0.2, -0.15) is 0 Å². The van der Waals surface area contributed by atoms with Gasteiger partial charge in [-0.05, 0) is 36.2 Å². The first-order valence-corrected chi connectivity index (χ1v) is 6.31. The summed E-state index contributed by atoms with van der Waals surface area (Å²) in [6, 6.07) is 5.40. The molecule has 1 aromatic heterocycles. The molecule has 1 heterocycles. The minimum atomic E-state index is -1.22. The Morgan fingerprint density at radius 3 is 2.60 bits per heavy atom. The summed E-state index contributed by atoms with van der Waals surface area (Å²) in [6.07, 6.45) is 2.19. The Kier molecular flexibility index (Phi) is 4.76. The van der Waals surface area contributed by atoms with Gasteiger partial charge in [0.1, 0.15) is 11.6 Å². The van der Waals surface area contributed by atoms with Crippen molar-refractivity contribution < 1.29 is 13.9 Å². The van der Waals surface area contributed by atoms with E-state index in [1.165, 1.54) is 6.07 Å². The Bertz CT molecular complexity index is 570. The van der Waals surface area contributed by atoms with Gasteiger partial charge < -0.3 is 10.4 Å². The third kappa shape index (κ3) is 3.37. The molecule has 3 nitrogen and oxygen atoms in total. The molecule has 1 aromatic carbocycles. The quantitative estimate of drug-likeness (QED) is 0.883. The number of halogens is 2. The third-order valence-electron chi connectivity index (χ3n) is 3.12. The third-order valence-corrected chi connectivity index (χ3v) is 3.12. The van der Waals surface area contributed by atoms with E-state index in [0.29, 0.717) is 6.54 Å². The zero-order valence-corrected chi connectivity index (χ0v) is 11.1. The van der Waals surface area contributed by atoms with E-state index in [1.54, 1.807) is 12.4 Å². The SMILES string of the molecule is Cc1cnccc1CNCC(O)c1c(F)cccc1F. The van der Waals surface area contributed by atoms with Crippen LogP contribution >= 0.6 is 0 Å². The number of pyridine rings is 1. The van der Waals surface area contributed by atoms with Crippen LogP contribution in [0.1, 0.15) is 22.8 Å². The smallest absolute Gasteiger partial charge is 0.131 e. The minimum absolute atomic E-state index is 0.0691. The van der Waals surface area contributed by atoms with Crippen molar-refractivity contribution >= 4 is 0 Å². The summed E-state index contributed by atoms with van der Waals surface area (Å²) >= 11 is 0. The first kappa shape index (κ1) is 14.6. The highest BCUT2D eigenvalue weighted by Crippen LogP contribution is 2.20. The molecule has 106 valence electrons. The van der Waals surface area contributed by atoms with E-state index < -0.39 is 17.7 Å². The van der Waals surface area contributed by atoms with Gasteiger partial charge in [0, 0.05) is 25.5 Å². The molecule has 2 aromatic rings. The van der Waals surface area contributed by atoms with Crippen LogP contribution in [-0.4, -0.2) is 16.6 Å². The number of aryl methyl sites for hydroxylation is 1. The standard InChI is InChI=1S/C15H16F2N2O/c1-10-7-18-6-5-11(10)8-19-9-14(20)15-12(16)3-2-4-13(15)17/h2-7,14,19-20H,8-9H2,1H3. The number of nitrogens with one attached hydrogen (secondary N) is 1. The molecule has 0 aliphatic carbocycles. The maximum Gasteiger partial charge on any atom is 0.131 e. The van der Waals surface area contributed by atoms with Gasteiger partial charge in [0.15, 0.2) is 0 Å². The van der Waals surface area contributed by atoms with Gasteiger partial charge in [-0.25, -0.2) is 8.78 Å². The van der Waals surface area contributed by atoms with Crippen molar-refractivity contribution in [3.8, 4) is 0 Å². The van der Waals surface area contributed by atoms with Crippen LogP contribution in [0.2, 0.25) is 0 Å². The number of aromatic nitrogens is 1. The number of benzene rings is 1. The van der Waals surface area contributed by atoms with Crippen LogP contribution in [0.25, 0.3) is 0 Å². The monoisotopic (exact) mass is 278 g/mol. The predicted molar refractivity (Wildman–Crippen MR) is 72.0 cm³/mol. The van der Waals surface area contributed by atoms with E-state index in [9.17, 15) is 13.9 Å². The average molecular weight is 278 g/mol. The van der Waals surface area contributed by atoms with Crippen LogP contribution in [0.4, 0.5) is 8.78 Å². The summed E-state index contributed by atoms with van der Waals surface area (Å²) in [4.78, 5) is 3.98. The number of aliphatic hydroxyl groups excluding tert-OH is 1. The van der Waals surface area contributed by atoms with Crippen LogP contribution in [-0.2, 0) is 6.54 Å². The maximum absolute atomic E-state index is 13.5. The Balaban J connectivity index is 1.96. The van der Waals surface area contributed by atoms with Crippen LogP contribution < -0.4 is 5.32 Å². The molecule has 0 fully saturated rings. The van der Waals surface area contributed by atoms with Gasteiger partial charge in [-0.1, -0.05) is 6.07 Å². The van der Waals surface area contributed by atoms with Gasteiger partial charge in [-0.15, -0.1) is 0 Å². The van der Waals surface area contributed by atoms with E-state index in [1.807, 2.05) is 13.0 Å². The fourth-order valence-corrected chi connectivity index (χ4v) is 1.98. The molecule has 0 aliphatic heterocycles. The van der Waals surface area contributed by atoms with Crippen LogP contribution in [0.3, 0.4) is 0 Å². The molecule has 20 heavy (non-hydrogen) atoms. The minimum Gasteiger partial charge on any atom is -0.387 e. The van der Waals surface area contributed by atoms with Crippen molar-refractivity contribution in [3.05, 3.63) is 65.0 Å². The normalized spacial score (nSPS) is 12.4. The molecular formula is C15H16F2N2O. The number of aliphatic hydroxyl groups is 1. The molecule has 2 rings (SSSR count). The topological polar surface area (TPSA) is 45.2 Å². The van der Waals surface area contributed by atoms with Crippen molar-refractivity contribution in [1.29, 1.82) is 0 Å². The van der Waals surface area contributed by atoms with Crippen LogP contribution in [0.5, 0.6) is 0 Å². The molecule has 0 saturated heterocycles. The molecular weight excluding hydrogens is 262 g/mol. The maximum atomic E-state index is 13.5. The van der Waals surface area contributed by atoms with Crippen LogP contribution in [0.15, 0.2) is 36.7 Å². The van der Waals surface area contributed by atoms with E-state index in [4.69, 9.17) is 0 Å². The molecule has 1 atom stereocenters. The summed E-state index contributed by atoms with van der Waals surface area (Å²) in [5.41, 5.74) is 1.75. The molecule has 0 amide bonds. The highest BCUT2D eigenvalue weighted by Gasteiger charge is 2.17. The van der Waals surface area contributed by atoms with Gasteiger partial charge in [0.2, 0.25) is 0 Å². The van der Waals surface area contributed by atoms with Crippen molar-refractivity contribution in [1.82, 2.24) is 10.3 Å². The lowest BCUT2D eigenvalue weighted by molar-refractivity contribution is 0.164. The first-order chi connectivity index (χ1) is 9.59. The molecule has 0 bridgehead atoms. The van der Waals surface area contributed by atoms with Gasteiger partial charge >= 0.3 is 0 Å². The second-order valence-corrected chi connectivity index (χ2v) is 4.58. The van der Waals surface area contributed by atoms with Gasteiger partial charge in [0.05, 0.1) is 11.7 Å². The van der Waals surface area contributed by atoms with Gasteiger partial charge in [-0.3, -0.25) is 4.98 Å². The van der Waals surface area contributed by atoms with Crippen molar-refractivity contribution in [2.45, 2.75) is 19.6 Å². The molecule has 0 radical (unpaired) electrons. The highest BCUT2D eigenvalue weighted by atomic mass is 19.1. The molecule has 5 heteroatoms. The number of nitrogens with zero attached hydrogens (tertiary/aromatic N) is 1. The number of hydrogen-bond acceptors (Lipinski definition) is 3. The lowest BCUT2D eigenvalue weighted by Gasteiger charge is -2.14. The molecule has 0 spiro atoms. The van der Waals surface area contributed by atoms with E-state index in [-0.39, 0.29) is 12.1 Å². The second kappa shape index (κ2) is 6.54. The molecule has 0 aliphatic rings. The van der Waals surface area contributed by atoms with Gasteiger partial charge in [0.25, 0.3) is 0 Å². The lowest BCUT2D eigenvalue weighted by atomic mass is 10.1.